The summed E-state index contributed by atoms with van der Waals surface area (Å²) in [4.78, 5) is 21.5. The molecule has 0 aliphatic rings. The first-order valence-corrected chi connectivity index (χ1v) is 6.53. The first-order chi connectivity index (χ1) is 8.61. The molecule has 0 heterocycles. The van der Waals surface area contributed by atoms with E-state index in [4.69, 9.17) is 4.74 Å². The van der Waals surface area contributed by atoms with E-state index in [1.165, 1.54) is 19.3 Å². The molecule has 0 spiro atoms. The smallest absolute Gasteiger partial charge is 0.333 e. The molecule has 1 unspecified atom stereocenters. The summed E-state index contributed by atoms with van der Waals surface area (Å²) in [6, 6.07) is 0. The summed E-state index contributed by atoms with van der Waals surface area (Å²) >= 11 is 0. The van der Waals surface area contributed by atoms with Crippen LogP contribution in [-0.2, 0) is 19.1 Å². The average Bonchev–Trinajstić information content (AvgIpc) is 2.34. The summed E-state index contributed by atoms with van der Waals surface area (Å²) in [6.45, 7) is 7.78. The molecular weight excluding hydrogens is 232 g/mol. The number of carbonyl (C=O) groups excluding carboxylic acids is 2. The zero-order valence-corrected chi connectivity index (χ0v) is 11.4. The van der Waals surface area contributed by atoms with Crippen LogP contribution in [0.15, 0.2) is 12.2 Å². The molecule has 18 heavy (non-hydrogen) atoms. The number of esters is 1. The molecule has 0 aromatic rings. The topological polar surface area (TPSA) is 52.6 Å². The van der Waals surface area contributed by atoms with Gasteiger partial charge in [-0.05, 0) is 19.8 Å². The van der Waals surface area contributed by atoms with Crippen LogP contribution < -0.4 is 0 Å². The van der Waals surface area contributed by atoms with Gasteiger partial charge in [0, 0.05) is 5.57 Å². The number of unbranched alkanes of at least 4 members (excludes halogenated alkanes) is 4. The predicted molar refractivity (Wildman–Crippen MR) is 70.1 cm³/mol. The molecule has 0 aromatic carbocycles. The summed E-state index contributed by atoms with van der Waals surface area (Å²) in [5.74, 6) is -0.428. The van der Waals surface area contributed by atoms with E-state index in [2.05, 4.69) is 18.2 Å². The average molecular weight is 256 g/mol. The van der Waals surface area contributed by atoms with Gasteiger partial charge in [0.25, 0.3) is 6.47 Å². The van der Waals surface area contributed by atoms with E-state index in [-0.39, 0.29) is 12.7 Å². The Morgan fingerprint density at radius 3 is 2.50 bits per heavy atom. The number of carbonyl (C=O) groups is 2. The normalized spacial score (nSPS) is 11.7. The third kappa shape index (κ3) is 8.79. The van der Waals surface area contributed by atoms with Crippen LogP contribution in [0.25, 0.3) is 0 Å². The fraction of sp³-hybridized carbons (Fsp3) is 0.714. The standard InChI is InChI=1S/C14H24O4/c1-4-5-6-7-8-9-13(10-17-11-15)18-14(16)12(2)3/h11,13H,2,4-10H2,1,3H3. The van der Waals surface area contributed by atoms with Crippen LogP contribution in [0.2, 0.25) is 0 Å². The van der Waals surface area contributed by atoms with Crippen LogP contribution in [0, 0.1) is 0 Å². The van der Waals surface area contributed by atoms with Crippen LogP contribution in [0.5, 0.6) is 0 Å². The highest BCUT2D eigenvalue weighted by molar-refractivity contribution is 5.87. The van der Waals surface area contributed by atoms with Crippen molar-refractivity contribution >= 4 is 12.4 Å². The van der Waals surface area contributed by atoms with Gasteiger partial charge < -0.3 is 9.47 Å². The highest BCUT2D eigenvalue weighted by Crippen LogP contribution is 2.11. The molecular formula is C14H24O4. The minimum absolute atomic E-state index is 0.121. The van der Waals surface area contributed by atoms with Crippen LogP contribution in [0.1, 0.15) is 52.4 Å². The molecule has 0 aromatic heterocycles. The molecule has 0 saturated heterocycles. The Labute approximate surface area is 109 Å². The van der Waals surface area contributed by atoms with Crippen LogP contribution >= 0.6 is 0 Å². The van der Waals surface area contributed by atoms with Gasteiger partial charge in [0.15, 0.2) is 0 Å². The van der Waals surface area contributed by atoms with E-state index >= 15 is 0 Å². The summed E-state index contributed by atoms with van der Waals surface area (Å²) in [7, 11) is 0. The Bertz CT molecular complexity index is 261. The van der Waals surface area contributed by atoms with E-state index in [0.717, 1.165) is 19.3 Å². The van der Waals surface area contributed by atoms with Gasteiger partial charge in [0.2, 0.25) is 0 Å². The van der Waals surface area contributed by atoms with Crippen LogP contribution in [0.4, 0.5) is 0 Å². The van der Waals surface area contributed by atoms with Crippen LogP contribution in [-0.4, -0.2) is 25.2 Å². The molecule has 0 saturated carbocycles. The van der Waals surface area contributed by atoms with E-state index in [0.29, 0.717) is 12.0 Å². The summed E-state index contributed by atoms with van der Waals surface area (Å²) < 4.78 is 9.87. The fourth-order valence-electron chi connectivity index (χ4n) is 1.55. The van der Waals surface area contributed by atoms with Crippen molar-refractivity contribution in [1.82, 2.24) is 0 Å². The zero-order chi connectivity index (χ0) is 13.8. The van der Waals surface area contributed by atoms with Gasteiger partial charge in [-0.1, -0.05) is 39.2 Å². The predicted octanol–water partition coefficient (Wildman–Crippen LogP) is 3.01. The maximum Gasteiger partial charge on any atom is 0.333 e. The minimum atomic E-state index is -0.428. The second kappa shape index (κ2) is 10.8. The van der Waals surface area contributed by atoms with E-state index < -0.39 is 5.97 Å². The molecule has 0 aliphatic carbocycles. The number of ether oxygens (including phenoxy) is 2. The SMILES string of the molecule is C=C(C)C(=O)OC(CCCCCCC)COC=O. The molecule has 0 radical (unpaired) electrons. The molecule has 0 rings (SSSR count). The molecule has 0 bridgehead atoms. The molecule has 0 amide bonds. The van der Waals surface area contributed by atoms with Gasteiger partial charge >= 0.3 is 5.97 Å². The first kappa shape index (κ1) is 16.7. The second-order valence-electron chi connectivity index (χ2n) is 4.44. The van der Waals surface area contributed by atoms with Crippen molar-refractivity contribution in [3.63, 3.8) is 0 Å². The van der Waals surface area contributed by atoms with Crippen molar-refractivity contribution in [1.29, 1.82) is 0 Å². The monoisotopic (exact) mass is 256 g/mol. The largest absolute Gasteiger partial charge is 0.464 e. The van der Waals surface area contributed by atoms with Crippen molar-refractivity contribution < 1.29 is 19.1 Å². The molecule has 1 atom stereocenters. The maximum atomic E-state index is 11.4. The molecule has 0 fully saturated rings. The highest BCUT2D eigenvalue weighted by atomic mass is 16.6. The van der Waals surface area contributed by atoms with Crippen molar-refractivity contribution in [2.75, 3.05) is 6.61 Å². The Balaban J connectivity index is 3.94. The number of hydrogen-bond acceptors (Lipinski definition) is 4. The highest BCUT2D eigenvalue weighted by Gasteiger charge is 2.15. The summed E-state index contributed by atoms with van der Waals surface area (Å²) in [5, 5.41) is 0. The van der Waals surface area contributed by atoms with Crippen LogP contribution in [0.3, 0.4) is 0 Å². The lowest BCUT2D eigenvalue weighted by atomic mass is 10.1. The zero-order valence-electron chi connectivity index (χ0n) is 11.4. The second-order valence-corrected chi connectivity index (χ2v) is 4.44. The van der Waals surface area contributed by atoms with Crippen molar-refractivity contribution in [2.45, 2.75) is 58.5 Å². The lowest BCUT2D eigenvalue weighted by Crippen LogP contribution is -2.23. The molecule has 4 heteroatoms. The van der Waals surface area contributed by atoms with Gasteiger partial charge in [-0.3, -0.25) is 4.79 Å². The Kier molecular flexibility index (Phi) is 10.0. The molecule has 0 N–H and O–H groups in total. The number of hydrogen-bond donors (Lipinski definition) is 0. The van der Waals surface area contributed by atoms with Gasteiger partial charge in [-0.25, -0.2) is 4.79 Å². The Morgan fingerprint density at radius 2 is 1.94 bits per heavy atom. The lowest BCUT2D eigenvalue weighted by molar-refractivity contribution is -0.150. The van der Waals surface area contributed by atoms with Gasteiger partial charge in [-0.15, -0.1) is 0 Å². The summed E-state index contributed by atoms with van der Waals surface area (Å²) in [5.41, 5.74) is 0.358. The Hall–Kier alpha value is -1.32. The van der Waals surface area contributed by atoms with Gasteiger partial charge in [0.05, 0.1) is 0 Å². The summed E-state index contributed by atoms with van der Waals surface area (Å²) in [6.07, 6.45) is 6.04. The van der Waals surface area contributed by atoms with Gasteiger partial charge in [0.1, 0.15) is 12.7 Å². The van der Waals surface area contributed by atoms with E-state index in [9.17, 15) is 9.59 Å². The van der Waals surface area contributed by atoms with Gasteiger partial charge in [-0.2, -0.15) is 0 Å². The van der Waals surface area contributed by atoms with E-state index in [1.54, 1.807) is 6.92 Å². The quantitative estimate of drug-likeness (QED) is 0.247. The van der Waals surface area contributed by atoms with Crippen molar-refractivity contribution in [3.8, 4) is 0 Å². The van der Waals surface area contributed by atoms with Crippen molar-refractivity contribution in [2.24, 2.45) is 0 Å². The third-order valence-electron chi connectivity index (χ3n) is 2.60. The maximum absolute atomic E-state index is 11.4. The Morgan fingerprint density at radius 1 is 1.28 bits per heavy atom. The molecule has 4 nitrogen and oxygen atoms in total. The molecule has 0 aliphatic heterocycles. The lowest BCUT2D eigenvalue weighted by Gasteiger charge is -2.16. The third-order valence-corrected chi connectivity index (χ3v) is 2.60. The fourth-order valence-corrected chi connectivity index (χ4v) is 1.55. The van der Waals surface area contributed by atoms with E-state index in [1.807, 2.05) is 0 Å². The van der Waals surface area contributed by atoms with Crippen molar-refractivity contribution in [3.05, 3.63) is 12.2 Å². The number of rotatable bonds is 11. The minimum Gasteiger partial charge on any atom is -0.464 e. The molecule has 104 valence electrons. The first-order valence-electron chi connectivity index (χ1n) is 6.53.